The highest BCUT2D eigenvalue weighted by Gasteiger charge is 2.50. The quantitative estimate of drug-likeness (QED) is 0.596. The first-order chi connectivity index (χ1) is 15.0. The van der Waals surface area contributed by atoms with Crippen LogP contribution in [0.4, 0.5) is 4.79 Å². The second-order valence-electron chi connectivity index (χ2n) is 9.01. The largest absolute Gasteiger partial charge is 0.334 e. The first-order valence-electron chi connectivity index (χ1n) is 11.3. The van der Waals surface area contributed by atoms with Crippen LogP contribution < -0.4 is 5.32 Å². The van der Waals surface area contributed by atoms with E-state index in [0.717, 1.165) is 23.3 Å². The summed E-state index contributed by atoms with van der Waals surface area (Å²) < 4.78 is 23.9. The molecule has 2 saturated heterocycles. The van der Waals surface area contributed by atoms with Crippen molar-refractivity contribution in [3.63, 3.8) is 0 Å². The fourth-order valence-corrected chi connectivity index (χ4v) is 6.26. The predicted octanol–water partition coefficient (Wildman–Crippen LogP) is 2.22. The number of carbonyl (C=O) groups is 3. The molecule has 0 radical (unpaired) electrons. The Morgan fingerprint density at radius 2 is 1.91 bits per heavy atom. The highest BCUT2D eigenvalue weighted by Crippen LogP contribution is 2.30. The molecule has 1 aromatic rings. The maximum absolute atomic E-state index is 13.2. The number of urea groups is 1. The minimum Gasteiger partial charge on any atom is -0.334 e. The van der Waals surface area contributed by atoms with Crippen LogP contribution in [-0.2, 0) is 31.4 Å². The molecule has 2 aliphatic heterocycles. The van der Waals surface area contributed by atoms with Crippen LogP contribution in [0.2, 0.25) is 0 Å². The summed E-state index contributed by atoms with van der Waals surface area (Å²) in [6.07, 6.45) is 2.96. The number of carbonyl (C=O) groups excluding carboxylic acids is 3. The fraction of sp³-hybridized carbons (Fsp3) is 0.609. The number of benzene rings is 1. The molecule has 4 amide bonds. The van der Waals surface area contributed by atoms with E-state index in [-0.39, 0.29) is 17.5 Å². The van der Waals surface area contributed by atoms with Crippen molar-refractivity contribution in [2.75, 3.05) is 18.1 Å². The first-order valence-corrected chi connectivity index (χ1v) is 13.1. The molecule has 9 heteroatoms. The van der Waals surface area contributed by atoms with Gasteiger partial charge in [0, 0.05) is 12.1 Å². The Hall–Kier alpha value is -2.42. The molecule has 3 atom stereocenters. The lowest BCUT2D eigenvalue weighted by Gasteiger charge is -2.34. The van der Waals surface area contributed by atoms with Gasteiger partial charge in [-0.1, -0.05) is 44.5 Å². The van der Waals surface area contributed by atoms with Crippen LogP contribution >= 0.6 is 0 Å². The van der Waals surface area contributed by atoms with Crippen molar-refractivity contribution in [1.29, 1.82) is 0 Å². The third-order valence-corrected chi connectivity index (χ3v) is 8.34. The molecule has 2 aliphatic rings. The number of sulfone groups is 1. The van der Waals surface area contributed by atoms with Gasteiger partial charge in [0.1, 0.15) is 12.1 Å². The van der Waals surface area contributed by atoms with E-state index in [1.165, 1.54) is 0 Å². The van der Waals surface area contributed by atoms with E-state index in [2.05, 4.69) is 12.2 Å². The number of imide groups is 1. The number of amides is 4. The number of hydrogen-bond acceptors (Lipinski definition) is 5. The van der Waals surface area contributed by atoms with Crippen molar-refractivity contribution >= 4 is 27.7 Å². The molecule has 1 aromatic carbocycles. The Kier molecular flexibility index (Phi) is 6.97. The predicted molar refractivity (Wildman–Crippen MR) is 122 cm³/mol. The molecule has 0 bridgehead atoms. The number of nitrogens with one attached hydrogen (secondary N) is 1. The van der Waals surface area contributed by atoms with E-state index in [0.29, 0.717) is 18.4 Å². The molecule has 0 aliphatic carbocycles. The van der Waals surface area contributed by atoms with Gasteiger partial charge >= 0.3 is 6.03 Å². The van der Waals surface area contributed by atoms with Crippen molar-refractivity contribution in [2.24, 2.45) is 0 Å². The Morgan fingerprint density at radius 1 is 1.25 bits per heavy atom. The van der Waals surface area contributed by atoms with E-state index in [1.54, 1.807) is 11.8 Å². The third kappa shape index (κ3) is 4.67. The van der Waals surface area contributed by atoms with E-state index in [4.69, 9.17) is 0 Å². The average molecular weight is 464 g/mol. The Balaban J connectivity index is 1.79. The van der Waals surface area contributed by atoms with Gasteiger partial charge in [0.15, 0.2) is 9.84 Å². The topological polar surface area (TPSA) is 104 Å². The molecule has 176 valence electrons. The number of aryl methyl sites for hydroxylation is 1. The molecule has 32 heavy (non-hydrogen) atoms. The summed E-state index contributed by atoms with van der Waals surface area (Å²) >= 11 is 0. The van der Waals surface area contributed by atoms with Crippen molar-refractivity contribution in [3.05, 3.63) is 35.4 Å². The molecule has 1 N–H and O–H groups in total. The zero-order valence-electron chi connectivity index (χ0n) is 19.3. The maximum atomic E-state index is 13.2. The monoisotopic (exact) mass is 463 g/mol. The summed E-state index contributed by atoms with van der Waals surface area (Å²) in [4.78, 5) is 41.7. The lowest BCUT2D eigenvalue weighted by Crippen LogP contribution is -2.51. The van der Waals surface area contributed by atoms with E-state index in [1.807, 2.05) is 38.1 Å². The molecule has 2 heterocycles. The Bertz CT molecular complexity index is 991. The number of rotatable bonds is 8. The molecule has 2 fully saturated rings. The summed E-state index contributed by atoms with van der Waals surface area (Å²) in [6.45, 7) is 7.10. The Labute approximate surface area is 190 Å². The number of hydrogen-bond donors (Lipinski definition) is 1. The molecule has 8 nitrogen and oxygen atoms in total. The lowest BCUT2D eigenvalue weighted by molar-refractivity contribution is -0.141. The van der Waals surface area contributed by atoms with Crippen LogP contribution in [0.25, 0.3) is 0 Å². The average Bonchev–Trinajstić information content (AvgIpc) is 3.20. The van der Waals surface area contributed by atoms with Gasteiger partial charge in [-0.25, -0.2) is 13.2 Å². The molecule has 0 spiro atoms. The van der Waals surface area contributed by atoms with Crippen molar-refractivity contribution < 1.29 is 22.8 Å². The highest BCUT2D eigenvalue weighted by atomic mass is 32.2. The van der Waals surface area contributed by atoms with E-state index >= 15 is 0 Å². The molecule has 3 rings (SSSR count). The summed E-state index contributed by atoms with van der Waals surface area (Å²) in [5.74, 6) is -0.923. The summed E-state index contributed by atoms with van der Waals surface area (Å²) in [5, 5.41) is 2.74. The highest BCUT2D eigenvalue weighted by molar-refractivity contribution is 7.91. The van der Waals surface area contributed by atoms with Crippen LogP contribution in [0.5, 0.6) is 0 Å². The van der Waals surface area contributed by atoms with Crippen molar-refractivity contribution in [1.82, 2.24) is 15.1 Å². The zero-order chi connectivity index (χ0) is 23.7. The van der Waals surface area contributed by atoms with Gasteiger partial charge < -0.3 is 10.2 Å². The molecule has 0 aromatic heterocycles. The minimum atomic E-state index is -3.18. The summed E-state index contributed by atoms with van der Waals surface area (Å²) in [6, 6.07) is 6.32. The fourth-order valence-electron chi connectivity index (χ4n) is 4.55. The molecule has 0 saturated carbocycles. The lowest BCUT2D eigenvalue weighted by atomic mass is 9.91. The van der Waals surface area contributed by atoms with Crippen LogP contribution in [-0.4, -0.2) is 66.2 Å². The molecule has 3 unspecified atom stereocenters. The third-order valence-electron chi connectivity index (χ3n) is 6.59. The van der Waals surface area contributed by atoms with Gasteiger partial charge in [0.25, 0.3) is 5.91 Å². The summed E-state index contributed by atoms with van der Waals surface area (Å²) in [5.41, 5.74) is 0.561. The first kappa shape index (κ1) is 24.2. The van der Waals surface area contributed by atoms with E-state index < -0.39 is 45.8 Å². The maximum Gasteiger partial charge on any atom is 0.325 e. The van der Waals surface area contributed by atoms with Gasteiger partial charge in [-0.05, 0) is 44.2 Å². The normalized spacial score (nSPS) is 25.6. The summed E-state index contributed by atoms with van der Waals surface area (Å²) in [7, 11) is -3.18. The van der Waals surface area contributed by atoms with Gasteiger partial charge in [-0.2, -0.15) is 0 Å². The van der Waals surface area contributed by atoms with Crippen molar-refractivity contribution in [3.8, 4) is 0 Å². The second kappa shape index (κ2) is 9.21. The standard InChI is InChI=1S/C23H33N3O5S/c1-5-7-17-8-10-18(11-9-17)23(4)21(28)25(22(29)24-23)14-20(27)26(16(3)6-2)19-12-13-32(30,31)15-19/h8-11,16,19H,5-7,12-15H2,1-4H3,(H,24,29). The van der Waals surface area contributed by atoms with Gasteiger partial charge in [-0.3, -0.25) is 14.5 Å². The minimum absolute atomic E-state index is 0.0487. The number of nitrogens with zero attached hydrogens (tertiary/aromatic N) is 2. The second-order valence-corrected chi connectivity index (χ2v) is 11.2. The van der Waals surface area contributed by atoms with Crippen LogP contribution in [0.3, 0.4) is 0 Å². The van der Waals surface area contributed by atoms with Crippen molar-refractivity contribution in [2.45, 2.75) is 71.0 Å². The smallest absolute Gasteiger partial charge is 0.325 e. The van der Waals surface area contributed by atoms with Gasteiger partial charge in [0.05, 0.1) is 11.5 Å². The van der Waals surface area contributed by atoms with Crippen LogP contribution in [0.15, 0.2) is 24.3 Å². The zero-order valence-corrected chi connectivity index (χ0v) is 20.1. The Morgan fingerprint density at radius 3 is 2.44 bits per heavy atom. The SMILES string of the molecule is CCCc1ccc(C2(C)NC(=O)N(CC(=O)N(C(C)CC)C3CCS(=O)(=O)C3)C2=O)cc1. The van der Waals surface area contributed by atoms with E-state index in [9.17, 15) is 22.8 Å². The van der Waals surface area contributed by atoms with Crippen LogP contribution in [0.1, 0.15) is 58.1 Å². The molecular formula is C23H33N3O5S. The van der Waals surface area contributed by atoms with Gasteiger partial charge in [-0.15, -0.1) is 0 Å². The van der Waals surface area contributed by atoms with Crippen LogP contribution in [0, 0.1) is 0 Å². The van der Waals surface area contributed by atoms with Gasteiger partial charge in [0.2, 0.25) is 5.91 Å². The molecular weight excluding hydrogens is 430 g/mol.